The molecule has 0 aromatic heterocycles. The molecule has 0 fully saturated rings. The maximum Gasteiger partial charge on any atom is 0.416 e. The molecule has 4 nitrogen and oxygen atoms in total. The third-order valence-electron chi connectivity index (χ3n) is 3.87. The second kappa shape index (κ2) is 8.90. The standard InChI is InChI=1S/C19H18ClF3N2O2/c1-25(12-13-6-8-14(9-7-13)19(21,22)23)17(26)10-11-24-18(27)15-4-2-3-5-16(15)20/h2-9H,10-12H2,1H3,(H,24,27). The van der Waals surface area contributed by atoms with Gasteiger partial charge in [-0.1, -0.05) is 35.9 Å². The van der Waals surface area contributed by atoms with Gasteiger partial charge in [-0.2, -0.15) is 13.2 Å². The maximum absolute atomic E-state index is 12.6. The van der Waals surface area contributed by atoms with Gasteiger partial charge in [-0.25, -0.2) is 0 Å². The lowest BCUT2D eigenvalue weighted by Gasteiger charge is -2.18. The maximum atomic E-state index is 12.6. The highest BCUT2D eigenvalue weighted by Crippen LogP contribution is 2.29. The molecule has 2 aromatic rings. The van der Waals surface area contributed by atoms with Crippen LogP contribution < -0.4 is 5.32 Å². The van der Waals surface area contributed by atoms with E-state index >= 15 is 0 Å². The molecule has 2 amide bonds. The molecule has 2 aromatic carbocycles. The summed E-state index contributed by atoms with van der Waals surface area (Å²) < 4.78 is 37.7. The number of benzene rings is 2. The lowest BCUT2D eigenvalue weighted by Crippen LogP contribution is -2.32. The molecule has 1 N–H and O–H groups in total. The van der Waals surface area contributed by atoms with Gasteiger partial charge in [-0.05, 0) is 29.8 Å². The fourth-order valence-corrected chi connectivity index (χ4v) is 2.60. The van der Waals surface area contributed by atoms with Gasteiger partial charge in [-0.3, -0.25) is 9.59 Å². The number of halogens is 4. The predicted molar refractivity (Wildman–Crippen MR) is 96.3 cm³/mol. The Morgan fingerprint density at radius 2 is 1.70 bits per heavy atom. The Labute approximate surface area is 159 Å². The molecule has 0 heterocycles. The van der Waals surface area contributed by atoms with Crippen molar-refractivity contribution in [3.8, 4) is 0 Å². The number of amides is 2. The summed E-state index contributed by atoms with van der Waals surface area (Å²) in [5.74, 6) is -0.617. The highest BCUT2D eigenvalue weighted by atomic mass is 35.5. The van der Waals surface area contributed by atoms with Crippen LogP contribution >= 0.6 is 11.6 Å². The molecule has 0 radical (unpaired) electrons. The number of hydrogen-bond donors (Lipinski definition) is 1. The SMILES string of the molecule is CN(Cc1ccc(C(F)(F)F)cc1)C(=O)CCNC(=O)c1ccccc1Cl. The Kier molecular flexibility index (Phi) is 6.85. The van der Waals surface area contributed by atoms with Crippen LogP contribution in [0.2, 0.25) is 5.02 Å². The van der Waals surface area contributed by atoms with Crippen molar-refractivity contribution < 1.29 is 22.8 Å². The molecule has 0 bridgehead atoms. The van der Waals surface area contributed by atoms with E-state index in [0.717, 1.165) is 12.1 Å². The van der Waals surface area contributed by atoms with E-state index in [-0.39, 0.29) is 31.3 Å². The topological polar surface area (TPSA) is 49.4 Å². The second-order valence-electron chi connectivity index (χ2n) is 5.93. The van der Waals surface area contributed by atoms with Crippen LogP contribution in [-0.2, 0) is 17.5 Å². The molecule has 0 aliphatic carbocycles. The molecular weight excluding hydrogens is 381 g/mol. The zero-order valence-corrected chi connectivity index (χ0v) is 15.3. The summed E-state index contributed by atoms with van der Waals surface area (Å²) in [6.45, 7) is 0.301. The van der Waals surface area contributed by atoms with Gasteiger partial charge in [0, 0.05) is 26.6 Å². The summed E-state index contributed by atoms with van der Waals surface area (Å²) in [5, 5.41) is 2.94. The fourth-order valence-electron chi connectivity index (χ4n) is 2.38. The minimum Gasteiger partial charge on any atom is -0.351 e. The van der Waals surface area contributed by atoms with Crippen LogP contribution in [0.3, 0.4) is 0 Å². The Hall–Kier alpha value is -2.54. The van der Waals surface area contributed by atoms with E-state index in [9.17, 15) is 22.8 Å². The molecule has 2 rings (SSSR count). The van der Waals surface area contributed by atoms with E-state index in [0.29, 0.717) is 16.1 Å². The van der Waals surface area contributed by atoms with E-state index in [1.807, 2.05) is 0 Å². The first kappa shape index (κ1) is 20.8. The van der Waals surface area contributed by atoms with Gasteiger partial charge in [0.25, 0.3) is 5.91 Å². The van der Waals surface area contributed by atoms with Crippen molar-refractivity contribution in [3.63, 3.8) is 0 Å². The Morgan fingerprint density at radius 3 is 2.30 bits per heavy atom. The lowest BCUT2D eigenvalue weighted by molar-refractivity contribution is -0.137. The number of rotatable bonds is 6. The number of nitrogens with zero attached hydrogens (tertiary/aromatic N) is 1. The van der Waals surface area contributed by atoms with Gasteiger partial charge in [-0.15, -0.1) is 0 Å². The predicted octanol–water partition coefficient (Wildman–Crippen LogP) is 4.14. The van der Waals surface area contributed by atoms with Crippen LogP contribution in [0.5, 0.6) is 0 Å². The molecule has 0 aliphatic rings. The van der Waals surface area contributed by atoms with Crippen molar-refractivity contribution >= 4 is 23.4 Å². The minimum absolute atomic E-state index is 0.0628. The Morgan fingerprint density at radius 1 is 1.07 bits per heavy atom. The van der Waals surface area contributed by atoms with E-state index in [1.54, 1.807) is 31.3 Å². The van der Waals surface area contributed by atoms with Crippen LogP contribution in [-0.4, -0.2) is 30.3 Å². The van der Waals surface area contributed by atoms with Crippen LogP contribution in [0.15, 0.2) is 48.5 Å². The van der Waals surface area contributed by atoms with Crippen molar-refractivity contribution in [3.05, 3.63) is 70.2 Å². The van der Waals surface area contributed by atoms with Gasteiger partial charge in [0.1, 0.15) is 0 Å². The average molecular weight is 399 g/mol. The molecule has 0 atom stereocenters. The van der Waals surface area contributed by atoms with Crippen molar-refractivity contribution in [2.75, 3.05) is 13.6 Å². The van der Waals surface area contributed by atoms with Crippen LogP contribution in [0.1, 0.15) is 27.9 Å². The number of alkyl halides is 3. The molecular formula is C19H18ClF3N2O2. The third kappa shape index (κ3) is 5.99. The summed E-state index contributed by atoms with van der Waals surface area (Å²) in [4.78, 5) is 25.5. The van der Waals surface area contributed by atoms with Crippen molar-refractivity contribution in [2.45, 2.75) is 19.1 Å². The zero-order valence-electron chi connectivity index (χ0n) is 14.5. The largest absolute Gasteiger partial charge is 0.416 e. The quantitative estimate of drug-likeness (QED) is 0.795. The number of nitrogens with one attached hydrogen (secondary N) is 1. The van der Waals surface area contributed by atoms with Crippen molar-refractivity contribution in [2.24, 2.45) is 0 Å². The average Bonchev–Trinajstić information content (AvgIpc) is 2.61. The van der Waals surface area contributed by atoms with E-state index in [1.165, 1.54) is 17.0 Å². The molecule has 27 heavy (non-hydrogen) atoms. The lowest BCUT2D eigenvalue weighted by atomic mass is 10.1. The molecule has 144 valence electrons. The van der Waals surface area contributed by atoms with Crippen LogP contribution in [0.25, 0.3) is 0 Å². The first-order valence-electron chi connectivity index (χ1n) is 8.11. The van der Waals surface area contributed by atoms with E-state index in [2.05, 4.69) is 5.32 Å². The highest BCUT2D eigenvalue weighted by Gasteiger charge is 2.29. The highest BCUT2D eigenvalue weighted by molar-refractivity contribution is 6.33. The molecule has 0 saturated heterocycles. The summed E-state index contributed by atoms with van der Waals surface area (Å²) in [5.41, 5.74) is 0.172. The van der Waals surface area contributed by atoms with Gasteiger partial charge >= 0.3 is 6.18 Å². The molecule has 0 aliphatic heterocycles. The summed E-state index contributed by atoms with van der Waals surface area (Å²) in [6, 6.07) is 11.2. The van der Waals surface area contributed by atoms with Crippen LogP contribution in [0.4, 0.5) is 13.2 Å². The normalized spacial score (nSPS) is 11.1. The first-order valence-corrected chi connectivity index (χ1v) is 8.49. The molecule has 8 heteroatoms. The van der Waals surface area contributed by atoms with Crippen molar-refractivity contribution in [1.29, 1.82) is 0 Å². The Bertz CT molecular complexity index is 807. The Balaban J connectivity index is 1.82. The summed E-state index contributed by atoms with van der Waals surface area (Å²) in [6.07, 6.45) is -4.33. The molecule has 0 spiro atoms. The van der Waals surface area contributed by atoms with Crippen molar-refractivity contribution in [1.82, 2.24) is 10.2 Å². The van der Waals surface area contributed by atoms with E-state index < -0.39 is 11.7 Å². The zero-order chi connectivity index (χ0) is 20.0. The smallest absolute Gasteiger partial charge is 0.351 e. The molecule has 0 unspecified atom stereocenters. The number of hydrogen-bond acceptors (Lipinski definition) is 2. The molecule has 0 saturated carbocycles. The van der Waals surface area contributed by atoms with Gasteiger partial charge in [0.2, 0.25) is 5.91 Å². The van der Waals surface area contributed by atoms with E-state index in [4.69, 9.17) is 11.6 Å². The number of carbonyl (C=O) groups excluding carboxylic acids is 2. The summed E-state index contributed by atoms with van der Waals surface area (Å²) in [7, 11) is 1.55. The van der Waals surface area contributed by atoms with Crippen LogP contribution in [0, 0.1) is 0 Å². The third-order valence-corrected chi connectivity index (χ3v) is 4.20. The minimum atomic E-state index is -4.39. The first-order chi connectivity index (χ1) is 12.7. The van der Waals surface area contributed by atoms with Gasteiger partial charge in [0.05, 0.1) is 16.1 Å². The monoisotopic (exact) mass is 398 g/mol. The van der Waals surface area contributed by atoms with Gasteiger partial charge < -0.3 is 10.2 Å². The number of carbonyl (C=O) groups is 2. The summed E-state index contributed by atoms with van der Waals surface area (Å²) >= 11 is 5.93. The van der Waals surface area contributed by atoms with Gasteiger partial charge in [0.15, 0.2) is 0 Å². The fraction of sp³-hybridized carbons (Fsp3) is 0.263. The second-order valence-corrected chi connectivity index (χ2v) is 6.34.